The van der Waals surface area contributed by atoms with Crippen LogP contribution in [0.15, 0.2) is 24.3 Å². The van der Waals surface area contributed by atoms with Crippen molar-refractivity contribution in [2.45, 2.75) is 25.8 Å². The molecule has 0 saturated carbocycles. The first-order valence-electron chi connectivity index (χ1n) is 10.7. The summed E-state index contributed by atoms with van der Waals surface area (Å²) in [6.07, 6.45) is 3.71. The molecule has 2 saturated heterocycles. The van der Waals surface area contributed by atoms with Crippen molar-refractivity contribution in [2.24, 2.45) is 5.92 Å². The third-order valence-electron chi connectivity index (χ3n) is 6.16. The van der Waals surface area contributed by atoms with E-state index < -0.39 is 0 Å². The number of carbonyl (C=O) groups excluding carboxylic acids is 1. The molecular weight excluding hydrogens is 423 g/mol. The zero-order valence-corrected chi connectivity index (χ0v) is 20.0. The van der Waals surface area contributed by atoms with Crippen LogP contribution in [-0.2, 0) is 11.3 Å². The van der Waals surface area contributed by atoms with E-state index in [1.807, 2.05) is 19.2 Å². The van der Waals surface area contributed by atoms with Crippen molar-refractivity contribution in [3.05, 3.63) is 29.8 Å². The second-order valence-electron chi connectivity index (χ2n) is 8.12. The maximum Gasteiger partial charge on any atom is 0.236 e. The number of benzene rings is 1. The molecule has 0 spiro atoms. The van der Waals surface area contributed by atoms with Crippen LogP contribution in [-0.4, -0.2) is 87.1 Å². The van der Waals surface area contributed by atoms with Crippen LogP contribution in [0.2, 0.25) is 0 Å². The number of methoxy groups -OCH3 is 1. The van der Waals surface area contributed by atoms with Gasteiger partial charge in [-0.2, -0.15) is 0 Å². The van der Waals surface area contributed by atoms with Crippen molar-refractivity contribution < 1.29 is 9.53 Å². The average molecular weight is 461 g/mol. The van der Waals surface area contributed by atoms with Gasteiger partial charge < -0.3 is 15.0 Å². The van der Waals surface area contributed by atoms with Gasteiger partial charge in [-0.25, -0.2) is 0 Å². The lowest BCUT2D eigenvalue weighted by Gasteiger charge is -2.37. The maximum absolute atomic E-state index is 12.7. The molecule has 2 aliphatic rings. The molecule has 1 aromatic rings. The minimum absolute atomic E-state index is 0. The summed E-state index contributed by atoms with van der Waals surface area (Å²) in [4.78, 5) is 19.5. The molecule has 3 rings (SSSR count). The van der Waals surface area contributed by atoms with E-state index >= 15 is 0 Å². The first-order chi connectivity index (χ1) is 13.7. The predicted octanol–water partition coefficient (Wildman–Crippen LogP) is 2.50. The summed E-state index contributed by atoms with van der Waals surface area (Å²) < 4.78 is 5.22. The van der Waals surface area contributed by atoms with Gasteiger partial charge in [0.25, 0.3) is 0 Å². The Morgan fingerprint density at radius 2 is 1.63 bits per heavy atom. The Kier molecular flexibility index (Phi) is 12.7. The molecule has 2 fully saturated rings. The Morgan fingerprint density at radius 1 is 1.00 bits per heavy atom. The van der Waals surface area contributed by atoms with Crippen LogP contribution in [0.5, 0.6) is 5.75 Å². The number of halogens is 2. The SMILES string of the molecule is CNCCC1CCN(CC(=O)N2CCN(Cc3ccc(OC)cc3)CC2)CC1.Cl.Cl. The van der Waals surface area contributed by atoms with Gasteiger partial charge in [0.2, 0.25) is 5.91 Å². The van der Waals surface area contributed by atoms with E-state index in [-0.39, 0.29) is 24.8 Å². The number of amides is 1. The summed E-state index contributed by atoms with van der Waals surface area (Å²) in [5.74, 6) is 2.02. The van der Waals surface area contributed by atoms with E-state index in [9.17, 15) is 4.79 Å². The molecule has 1 amide bonds. The van der Waals surface area contributed by atoms with Gasteiger partial charge in [0, 0.05) is 32.7 Å². The van der Waals surface area contributed by atoms with Crippen LogP contribution in [0.4, 0.5) is 0 Å². The van der Waals surface area contributed by atoms with Gasteiger partial charge in [0.15, 0.2) is 0 Å². The number of nitrogens with zero attached hydrogens (tertiary/aromatic N) is 3. The first kappa shape index (κ1) is 27.0. The van der Waals surface area contributed by atoms with E-state index in [1.54, 1.807) is 7.11 Å². The minimum atomic E-state index is 0. The molecule has 2 heterocycles. The number of piperazine rings is 1. The van der Waals surface area contributed by atoms with E-state index in [0.29, 0.717) is 12.5 Å². The van der Waals surface area contributed by atoms with E-state index in [0.717, 1.165) is 64.0 Å². The Balaban J connectivity index is 0.00000225. The number of piperidine rings is 1. The highest BCUT2D eigenvalue weighted by molar-refractivity contribution is 5.85. The van der Waals surface area contributed by atoms with Gasteiger partial charge >= 0.3 is 0 Å². The van der Waals surface area contributed by atoms with Gasteiger partial charge in [-0.15, -0.1) is 24.8 Å². The molecule has 172 valence electrons. The number of likely N-dealkylation sites (tertiary alicyclic amines) is 1. The molecule has 8 heteroatoms. The summed E-state index contributed by atoms with van der Waals surface area (Å²) in [5.41, 5.74) is 1.29. The Bertz CT molecular complexity index is 602. The minimum Gasteiger partial charge on any atom is -0.497 e. The van der Waals surface area contributed by atoms with Gasteiger partial charge in [-0.05, 0) is 69.6 Å². The van der Waals surface area contributed by atoms with Crippen LogP contribution in [0, 0.1) is 5.92 Å². The number of ether oxygens (including phenoxy) is 1. The van der Waals surface area contributed by atoms with Crippen LogP contribution < -0.4 is 10.1 Å². The fourth-order valence-corrected chi connectivity index (χ4v) is 4.22. The summed E-state index contributed by atoms with van der Waals surface area (Å²) in [5, 5.41) is 3.24. The number of hydrogen-bond acceptors (Lipinski definition) is 5. The highest BCUT2D eigenvalue weighted by Crippen LogP contribution is 2.20. The van der Waals surface area contributed by atoms with Crippen LogP contribution in [0.25, 0.3) is 0 Å². The number of rotatable bonds is 8. The van der Waals surface area contributed by atoms with Gasteiger partial charge in [-0.1, -0.05) is 12.1 Å². The molecule has 0 bridgehead atoms. The molecule has 1 aromatic carbocycles. The van der Waals surface area contributed by atoms with Crippen LogP contribution in [0.3, 0.4) is 0 Å². The molecule has 0 unspecified atom stereocenters. The Hall–Kier alpha value is -1.05. The molecule has 0 radical (unpaired) electrons. The lowest BCUT2D eigenvalue weighted by Crippen LogP contribution is -2.51. The van der Waals surface area contributed by atoms with Crippen molar-refractivity contribution >= 4 is 30.7 Å². The van der Waals surface area contributed by atoms with Crippen LogP contribution in [0.1, 0.15) is 24.8 Å². The predicted molar refractivity (Wildman–Crippen MR) is 127 cm³/mol. The quantitative estimate of drug-likeness (QED) is 0.645. The molecule has 30 heavy (non-hydrogen) atoms. The van der Waals surface area contributed by atoms with E-state index in [2.05, 4.69) is 32.1 Å². The summed E-state index contributed by atoms with van der Waals surface area (Å²) in [6, 6.07) is 8.27. The maximum atomic E-state index is 12.7. The monoisotopic (exact) mass is 460 g/mol. The fourth-order valence-electron chi connectivity index (χ4n) is 4.22. The third kappa shape index (κ3) is 8.23. The van der Waals surface area contributed by atoms with Crippen molar-refractivity contribution in [3.63, 3.8) is 0 Å². The van der Waals surface area contributed by atoms with Crippen LogP contribution >= 0.6 is 24.8 Å². The van der Waals surface area contributed by atoms with Crippen molar-refractivity contribution in [1.82, 2.24) is 20.0 Å². The number of carbonyl (C=O) groups is 1. The van der Waals surface area contributed by atoms with Gasteiger partial charge in [-0.3, -0.25) is 14.6 Å². The van der Waals surface area contributed by atoms with Gasteiger partial charge in [0.1, 0.15) is 5.75 Å². The van der Waals surface area contributed by atoms with Gasteiger partial charge in [0.05, 0.1) is 13.7 Å². The molecule has 0 aliphatic carbocycles. The smallest absolute Gasteiger partial charge is 0.236 e. The summed E-state index contributed by atoms with van der Waals surface area (Å²) >= 11 is 0. The largest absolute Gasteiger partial charge is 0.497 e. The fraction of sp³-hybridized carbons (Fsp3) is 0.682. The molecule has 6 nitrogen and oxygen atoms in total. The van der Waals surface area contributed by atoms with Crippen molar-refractivity contribution in [1.29, 1.82) is 0 Å². The molecule has 0 aromatic heterocycles. The topological polar surface area (TPSA) is 48.1 Å². The lowest BCUT2D eigenvalue weighted by molar-refractivity contribution is -0.134. The highest BCUT2D eigenvalue weighted by atomic mass is 35.5. The highest BCUT2D eigenvalue weighted by Gasteiger charge is 2.25. The molecule has 1 N–H and O–H groups in total. The Morgan fingerprint density at radius 3 is 2.20 bits per heavy atom. The Labute approximate surface area is 194 Å². The van der Waals surface area contributed by atoms with E-state index in [1.165, 1.54) is 24.8 Å². The second-order valence-corrected chi connectivity index (χ2v) is 8.12. The average Bonchev–Trinajstić information content (AvgIpc) is 2.74. The normalized spacial score (nSPS) is 18.4. The zero-order valence-electron chi connectivity index (χ0n) is 18.3. The zero-order chi connectivity index (χ0) is 19.8. The lowest BCUT2D eigenvalue weighted by atomic mass is 9.93. The summed E-state index contributed by atoms with van der Waals surface area (Å²) in [7, 11) is 3.71. The summed E-state index contributed by atoms with van der Waals surface area (Å²) in [6.45, 7) is 8.35. The molecule has 2 aliphatic heterocycles. The molecular formula is C22H38Cl2N4O2. The number of nitrogens with one attached hydrogen (secondary N) is 1. The molecule has 0 atom stereocenters. The van der Waals surface area contributed by atoms with E-state index in [4.69, 9.17) is 4.74 Å². The first-order valence-corrected chi connectivity index (χ1v) is 10.7. The van der Waals surface area contributed by atoms with Crippen molar-refractivity contribution in [2.75, 3.05) is 66.5 Å². The third-order valence-corrected chi connectivity index (χ3v) is 6.16. The standard InChI is InChI=1S/C22H36N4O2.2ClH/c1-23-10-7-19-8-11-24(12-9-19)18-22(27)26-15-13-25(14-16-26)17-20-3-5-21(28-2)6-4-20;;/h3-6,19,23H,7-18H2,1-2H3;2*1H. The second kappa shape index (κ2) is 14.1. The van der Waals surface area contributed by atoms with Crippen molar-refractivity contribution in [3.8, 4) is 5.75 Å². The number of hydrogen-bond donors (Lipinski definition) is 1.